The Morgan fingerprint density at radius 2 is 1.63 bits per heavy atom. The van der Waals surface area contributed by atoms with E-state index in [1.54, 1.807) is 6.07 Å². The highest BCUT2D eigenvalue weighted by atomic mass is 19.1. The summed E-state index contributed by atoms with van der Waals surface area (Å²) < 4.78 is 42.9. The van der Waals surface area contributed by atoms with Crippen molar-refractivity contribution in [2.75, 3.05) is 32.7 Å². The van der Waals surface area contributed by atoms with Gasteiger partial charge < -0.3 is 15.5 Å². The van der Waals surface area contributed by atoms with Crippen LogP contribution in [0.25, 0.3) is 0 Å². The molecule has 2 heterocycles. The van der Waals surface area contributed by atoms with Crippen LogP contribution in [0.1, 0.15) is 81.4 Å². The summed E-state index contributed by atoms with van der Waals surface area (Å²) in [4.78, 5) is 28.5. The van der Waals surface area contributed by atoms with Crippen LogP contribution in [0.4, 0.5) is 13.2 Å². The van der Waals surface area contributed by atoms with Gasteiger partial charge in [-0.2, -0.15) is 0 Å². The number of hydrogen-bond acceptors (Lipinski definition) is 3. The van der Waals surface area contributed by atoms with E-state index < -0.39 is 28.4 Å². The van der Waals surface area contributed by atoms with Gasteiger partial charge in [0.05, 0.1) is 5.41 Å². The summed E-state index contributed by atoms with van der Waals surface area (Å²) in [5, 5.41) is 6.36. The lowest BCUT2D eigenvalue weighted by atomic mass is 9.58. The Morgan fingerprint density at radius 1 is 0.976 bits per heavy atom. The number of carbonyl (C=O) groups is 2. The van der Waals surface area contributed by atoms with E-state index in [4.69, 9.17) is 0 Å². The van der Waals surface area contributed by atoms with Crippen molar-refractivity contribution in [3.05, 3.63) is 70.5 Å². The lowest BCUT2D eigenvalue weighted by Crippen LogP contribution is -2.56. The van der Waals surface area contributed by atoms with Crippen LogP contribution in [0.2, 0.25) is 0 Å². The highest BCUT2D eigenvalue weighted by Crippen LogP contribution is 2.53. The van der Waals surface area contributed by atoms with Crippen LogP contribution in [-0.4, -0.2) is 49.4 Å². The van der Waals surface area contributed by atoms with Crippen molar-refractivity contribution >= 4 is 11.8 Å². The van der Waals surface area contributed by atoms with Gasteiger partial charge in [0, 0.05) is 50.6 Å². The van der Waals surface area contributed by atoms with Crippen molar-refractivity contribution in [3.8, 4) is 0 Å². The molecule has 2 aromatic rings. The van der Waals surface area contributed by atoms with Gasteiger partial charge in [-0.15, -0.1) is 0 Å². The number of amides is 2. The fourth-order valence-corrected chi connectivity index (χ4v) is 7.20. The average Bonchev–Trinajstić information content (AvgIpc) is 3.34. The zero-order valence-electron chi connectivity index (χ0n) is 24.4. The quantitative estimate of drug-likeness (QED) is 0.451. The van der Waals surface area contributed by atoms with E-state index in [1.807, 2.05) is 31.7 Å². The molecule has 0 radical (unpaired) electrons. The maximum absolute atomic E-state index is 15.0. The Hall–Kier alpha value is -2.87. The molecule has 3 aliphatic rings. The van der Waals surface area contributed by atoms with Crippen LogP contribution >= 0.6 is 0 Å². The van der Waals surface area contributed by atoms with Gasteiger partial charge in [-0.1, -0.05) is 39.3 Å². The van der Waals surface area contributed by atoms with Crippen molar-refractivity contribution in [3.63, 3.8) is 0 Å². The molecular weight excluding hydrogens is 527 g/mol. The standard InChI is InChI=1S/C33H42F3N3O2/c1-32(2,3)33(20-37-19-28(33)27-10-8-25(35)18-29(27)36)31(41)39-15-12-21(13-16-39)26-9-7-24(34)17-23(26)11-14-38-30(40)22-5-4-6-22/h7-10,17-18,21-22,28,37H,4-6,11-16,19-20H2,1-3H3,(H,38,40)/t28-,33+/m0/s1. The minimum Gasteiger partial charge on any atom is -0.356 e. The molecule has 1 saturated carbocycles. The van der Waals surface area contributed by atoms with Crippen molar-refractivity contribution in [2.24, 2.45) is 16.7 Å². The van der Waals surface area contributed by atoms with Crippen LogP contribution < -0.4 is 10.6 Å². The Morgan fingerprint density at radius 3 is 2.24 bits per heavy atom. The predicted molar refractivity (Wildman–Crippen MR) is 153 cm³/mol. The van der Waals surface area contributed by atoms with E-state index in [-0.39, 0.29) is 29.5 Å². The molecule has 0 bridgehead atoms. The molecule has 0 spiro atoms. The van der Waals surface area contributed by atoms with Gasteiger partial charge in [0.15, 0.2) is 0 Å². The van der Waals surface area contributed by atoms with Crippen LogP contribution in [0.3, 0.4) is 0 Å². The smallest absolute Gasteiger partial charge is 0.231 e. The maximum atomic E-state index is 15.0. The zero-order valence-corrected chi connectivity index (χ0v) is 24.4. The second-order valence-corrected chi connectivity index (χ2v) is 13.1. The van der Waals surface area contributed by atoms with Crippen molar-refractivity contribution < 1.29 is 22.8 Å². The van der Waals surface area contributed by atoms with Gasteiger partial charge in [0.2, 0.25) is 11.8 Å². The molecule has 2 amide bonds. The first-order chi connectivity index (χ1) is 19.5. The third kappa shape index (κ3) is 5.77. The van der Waals surface area contributed by atoms with Gasteiger partial charge in [-0.25, -0.2) is 13.2 Å². The van der Waals surface area contributed by atoms with E-state index in [9.17, 15) is 22.8 Å². The largest absolute Gasteiger partial charge is 0.356 e. The summed E-state index contributed by atoms with van der Waals surface area (Å²) in [6.07, 6.45) is 5.03. The number of benzene rings is 2. The molecule has 0 aromatic heterocycles. The number of likely N-dealkylation sites (tertiary alicyclic amines) is 1. The van der Waals surface area contributed by atoms with Crippen molar-refractivity contribution in [2.45, 2.75) is 71.1 Å². The topological polar surface area (TPSA) is 61.4 Å². The first kappa shape index (κ1) is 29.6. The Kier molecular flexibility index (Phi) is 8.51. The number of rotatable bonds is 7. The van der Waals surface area contributed by atoms with E-state index in [2.05, 4.69) is 10.6 Å². The second-order valence-electron chi connectivity index (χ2n) is 13.1. The first-order valence-electron chi connectivity index (χ1n) is 15.0. The molecule has 1 aliphatic carbocycles. The SMILES string of the molecule is CC(C)(C)[C@]1(C(=O)N2CCC(c3ccc(F)cc3CCNC(=O)C3CCC3)CC2)CNC[C@H]1c1ccc(F)cc1F. The third-order valence-corrected chi connectivity index (χ3v) is 9.90. The van der Waals surface area contributed by atoms with Crippen molar-refractivity contribution in [1.82, 2.24) is 15.5 Å². The molecule has 5 rings (SSSR count). The highest BCUT2D eigenvalue weighted by molar-refractivity contribution is 5.86. The summed E-state index contributed by atoms with van der Waals surface area (Å²) >= 11 is 0. The van der Waals surface area contributed by atoms with Gasteiger partial charge in [0.25, 0.3) is 0 Å². The summed E-state index contributed by atoms with van der Waals surface area (Å²) in [5.74, 6) is -1.58. The van der Waals surface area contributed by atoms with Crippen LogP contribution in [0.15, 0.2) is 36.4 Å². The molecule has 8 heteroatoms. The number of hydrogen-bond donors (Lipinski definition) is 2. The number of piperidine rings is 1. The van der Waals surface area contributed by atoms with E-state index in [1.165, 1.54) is 18.2 Å². The molecule has 0 unspecified atom stereocenters. The number of halogens is 3. The minimum atomic E-state index is -0.891. The molecule has 2 aromatic carbocycles. The lowest BCUT2D eigenvalue weighted by molar-refractivity contribution is -0.150. The Bertz CT molecular complexity index is 1280. The molecule has 2 N–H and O–H groups in total. The van der Waals surface area contributed by atoms with Crippen LogP contribution in [-0.2, 0) is 16.0 Å². The average molecular weight is 570 g/mol. The van der Waals surface area contributed by atoms with Gasteiger partial charge in [-0.05, 0) is 78.3 Å². The number of carbonyl (C=O) groups excluding carboxylic acids is 2. The number of nitrogens with one attached hydrogen (secondary N) is 2. The van der Waals surface area contributed by atoms with Crippen molar-refractivity contribution in [1.29, 1.82) is 0 Å². The summed E-state index contributed by atoms with van der Waals surface area (Å²) in [5.41, 5.74) is 0.981. The molecule has 2 aliphatic heterocycles. The fraction of sp³-hybridized carbons (Fsp3) is 0.576. The molecule has 222 valence electrons. The predicted octanol–water partition coefficient (Wildman–Crippen LogP) is 5.69. The van der Waals surface area contributed by atoms with Crippen LogP contribution in [0.5, 0.6) is 0 Å². The summed E-state index contributed by atoms with van der Waals surface area (Å²) in [6.45, 7) is 8.51. The Balaban J connectivity index is 1.30. The highest BCUT2D eigenvalue weighted by Gasteiger charge is 2.58. The zero-order chi connectivity index (χ0) is 29.4. The lowest BCUT2D eigenvalue weighted by Gasteiger charge is -2.48. The third-order valence-electron chi connectivity index (χ3n) is 9.90. The first-order valence-corrected chi connectivity index (χ1v) is 15.0. The van der Waals surface area contributed by atoms with Gasteiger partial charge >= 0.3 is 0 Å². The van der Waals surface area contributed by atoms with Gasteiger partial charge in [-0.3, -0.25) is 9.59 Å². The molecular formula is C33H42F3N3O2. The van der Waals surface area contributed by atoms with Crippen LogP contribution in [0, 0.1) is 34.2 Å². The number of nitrogens with zero attached hydrogens (tertiary/aromatic N) is 1. The fourth-order valence-electron chi connectivity index (χ4n) is 7.20. The van der Waals surface area contributed by atoms with E-state index >= 15 is 0 Å². The summed E-state index contributed by atoms with van der Waals surface area (Å²) in [6, 6.07) is 8.56. The van der Waals surface area contributed by atoms with E-state index in [0.29, 0.717) is 44.7 Å². The molecule has 2 saturated heterocycles. The molecule has 3 fully saturated rings. The van der Waals surface area contributed by atoms with Gasteiger partial charge in [0.1, 0.15) is 17.5 Å². The monoisotopic (exact) mass is 569 g/mol. The minimum absolute atomic E-state index is 0.000196. The Labute approximate surface area is 241 Å². The molecule has 5 nitrogen and oxygen atoms in total. The molecule has 2 atom stereocenters. The normalized spacial score (nSPS) is 23.9. The molecule has 41 heavy (non-hydrogen) atoms. The second kappa shape index (κ2) is 11.8. The van der Waals surface area contributed by atoms with E-state index in [0.717, 1.165) is 49.3 Å². The summed E-state index contributed by atoms with van der Waals surface area (Å²) in [7, 11) is 0. The maximum Gasteiger partial charge on any atom is 0.231 e.